The van der Waals surface area contributed by atoms with Gasteiger partial charge in [-0.15, -0.1) is 5.92 Å². The Morgan fingerprint density at radius 2 is 1.80 bits per heavy atom. The van der Waals surface area contributed by atoms with E-state index in [-0.39, 0.29) is 0 Å². The normalized spacial score (nSPS) is 15.9. The Kier molecular flexibility index (Phi) is 3.43. The molecule has 0 atom stereocenters. The highest BCUT2D eigenvalue weighted by atomic mass is 15.1. The summed E-state index contributed by atoms with van der Waals surface area (Å²) in [4.78, 5) is 2.48. The van der Waals surface area contributed by atoms with Gasteiger partial charge in [-0.05, 0) is 42.5 Å². The number of aryl methyl sites for hydroxylation is 2. The van der Waals surface area contributed by atoms with Crippen LogP contribution in [-0.2, 0) is 25.8 Å². The molecule has 124 valence electrons. The molecule has 0 bridgehead atoms. The van der Waals surface area contributed by atoms with Gasteiger partial charge in [0.2, 0.25) is 0 Å². The van der Waals surface area contributed by atoms with Crippen LogP contribution in [-0.4, -0.2) is 22.6 Å². The third kappa shape index (κ3) is 2.23. The Bertz CT molecular complexity index is 1030. The van der Waals surface area contributed by atoms with Crippen LogP contribution in [0.15, 0.2) is 42.5 Å². The lowest BCUT2D eigenvalue weighted by Gasteiger charge is -2.26. The van der Waals surface area contributed by atoms with E-state index >= 15 is 0 Å². The molecule has 3 aromatic rings. The second-order valence-electron chi connectivity index (χ2n) is 7.09. The lowest BCUT2D eigenvalue weighted by atomic mass is 9.99. The van der Waals surface area contributed by atoms with E-state index < -0.39 is 0 Å². The fraction of sp³-hybridized carbons (Fsp3) is 0.304. The molecule has 0 spiro atoms. The minimum absolute atomic E-state index is 0.874. The summed E-state index contributed by atoms with van der Waals surface area (Å²) >= 11 is 0. The average molecular weight is 326 g/mol. The van der Waals surface area contributed by atoms with Crippen LogP contribution in [0.4, 0.5) is 0 Å². The van der Waals surface area contributed by atoms with Crippen LogP contribution in [0.2, 0.25) is 0 Å². The molecule has 0 radical (unpaired) electrons. The van der Waals surface area contributed by atoms with E-state index in [0.29, 0.717) is 0 Å². The van der Waals surface area contributed by atoms with Gasteiger partial charge in [-0.2, -0.15) is 0 Å². The molecule has 0 saturated carbocycles. The predicted octanol–water partition coefficient (Wildman–Crippen LogP) is 4.11. The molecule has 0 amide bonds. The summed E-state index contributed by atoms with van der Waals surface area (Å²) in [7, 11) is 0. The van der Waals surface area contributed by atoms with Crippen LogP contribution >= 0.6 is 0 Å². The number of benzene rings is 2. The van der Waals surface area contributed by atoms with E-state index in [0.717, 1.165) is 38.9 Å². The van der Waals surface area contributed by atoms with Gasteiger partial charge < -0.3 is 4.57 Å². The molecule has 3 heterocycles. The zero-order chi connectivity index (χ0) is 16.8. The third-order valence-electron chi connectivity index (χ3n) is 5.71. The van der Waals surface area contributed by atoms with Gasteiger partial charge in [-0.1, -0.05) is 42.3 Å². The van der Waals surface area contributed by atoms with Gasteiger partial charge in [0.15, 0.2) is 0 Å². The van der Waals surface area contributed by atoms with E-state index in [9.17, 15) is 0 Å². The Morgan fingerprint density at radius 1 is 0.960 bits per heavy atom. The molecule has 0 fully saturated rings. The van der Waals surface area contributed by atoms with Gasteiger partial charge in [0, 0.05) is 36.3 Å². The van der Waals surface area contributed by atoms with Gasteiger partial charge in [0.25, 0.3) is 0 Å². The molecule has 0 aliphatic carbocycles. The minimum atomic E-state index is 0.874. The minimum Gasteiger partial charge on any atom is -0.313 e. The summed E-state index contributed by atoms with van der Waals surface area (Å²) in [6.07, 6.45) is 3.36. The van der Waals surface area contributed by atoms with E-state index in [1.807, 2.05) is 6.92 Å². The van der Waals surface area contributed by atoms with Crippen molar-refractivity contribution in [2.75, 3.05) is 13.1 Å². The zero-order valence-electron chi connectivity index (χ0n) is 14.7. The highest BCUT2D eigenvalue weighted by Gasteiger charge is 2.27. The van der Waals surface area contributed by atoms with E-state index in [4.69, 9.17) is 0 Å². The number of nitrogens with zero attached hydrogens (tertiary/aromatic N) is 2. The zero-order valence-corrected chi connectivity index (χ0v) is 14.7. The summed E-state index contributed by atoms with van der Waals surface area (Å²) in [6.45, 7) is 4.91. The SMILES string of the molecule is CC#CCN1CCc2c(c3cccc4c3n2-c2ccccc2CC4)C1. The summed E-state index contributed by atoms with van der Waals surface area (Å²) < 4.78 is 2.57. The second kappa shape index (κ2) is 5.79. The van der Waals surface area contributed by atoms with Crippen molar-refractivity contribution < 1.29 is 0 Å². The smallest absolute Gasteiger partial charge is 0.0604 e. The van der Waals surface area contributed by atoms with Gasteiger partial charge in [0.1, 0.15) is 0 Å². The van der Waals surface area contributed by atoms with Crippen LogP contribution in [0.5, 0.6) is 0 Å². The number of aromatic nitrogens is 1. The largest absolute Gasteiger partial charge is 0.313 e. The van der Waals surface area contributed by atoms with Crippen LogP contribution in [0.25, 0.3) is 16.6 Å². The molecule has 2 heteroatoms. The third-order valence-corrected chi connectivity index (χ3v) is 5.71. The first-order valence-corrected chi connectivity index (χ1v) is 9.21. The Labute approximate surface area is 149 Å². The van der Waals surface area contributed by atoms with Crippen molar-refractivity contribution in [3.63, 3.8) is 0 Å². The quantitative estimate of drug-likeness (QED) is 0.611. The number of fused-ring (bicyclic) bond motifs is 5. The van der Waals surface area contributed by atoms with Crippen molar-refractivity contribution in [2.24, 2.45) is 0 Å². The van der Waals surface area contributed by atoms with Crippen molar-refractivity contribution in [2.45, 2.75) is 32.7 Å². The van der Waals surface area contributed by atoms with Crippen LogP contribution < -0.4 is 0 Å². The first-order chi connectivity index (χ1) is 12.4. The van der Waals surface area contributed by atoms with Crippen molar-refractivity contribution in [1.82, 2.24) is 9.47 Å². The maximum Gasteiger partial charge on any atom is 0.0604 e. The van der Waals surface area contributed by atoms with Crippen molar-refractivity contribution in [3.05, 3.63) is 64.8 Å². The predicted molar refractivity (Wildman–Crippen MR) is 103 cm³/mol. The maximum atomic E-state index is 3.24. The van der Waals surface area contributed by atoms with Gasteiger partial charge in [0.05, 0.1) is 12.1 Å². The molecular formula is C23H22N2. The Hall–Kier alpha value is -2.50. The fourth-order valence-electron chi connectivity index (χ4n) is 4.53. The maximum absolute atomic E-state index is 3.24. The molecule has 2 aliphatic rings. The molecule has 0 N–H and O–H groups in total. The lowest BCUT2D eigenvalue weighted by Crippen LogP contribution is -2.31. The first kappa shape index (κ1) is 14.8. The standard InChI is InChI=1S/C23H22N2/c1-2-3-14-24-15-13-22-20(16-24)19-9-6-8-18-12-11-17-7-4-5-10-21(17)25(22)23(18)19/h4-10H,11-16H2,1H3. The Balaban J connectivity index is 1.76. The summed E-state index contributed by atoms with van der Waals surface area (Å²) in [6, 6.07) is 15.8. The van der Waals surface area contributed by atoms with E-state index in [2.05, 4.69) is 63.8 Å². The van der Waals surface area contributed by atoms with Crippen molar-refractivity contribution in [3.8, 4) is 17.5 Å². The Morgan fingerprint density at radius 3 is 2.72 bits per heavy atom. The topological polar surface area (TPSA) is 8.17 Å². The summed E-state index contributed by atoms with van der Waals surface area (Å²) in [5.74, 6) is 6.27. The van der Waals surface area contributed by atoms with Crippen LogP contribution in [0.3, 0.4) is 0 Å². The van der Waals surface area contributed by atoms with Gasteiger partial charge in [-0.3, -0.25) is 4.90 Å². The number of rotatable bonds is 1. The van der Waals surface area contributed by atoms with Gasteiger partial charge >= 0.3 is 0 Å². The van der Waals surface area contributed by atoms with Crippen molar-refractivity contribution in [1.29, 1.82) is 0 Å². The second-order valence-corrected chi connectivity index (χ2v) is 7.09. The number of para-hydroxylation sites is 2. The highest BCUT2D eigenvalue weighted by Crippen LogP contribution is 2.38. The fourth-order valence-corrected chi connectivity index (χ4v) is 4.53. The molecule has 2 nitrogen and oxygen atoms in total. The molecule has 0 saturated heterocycles. The van der Waals surface area contributed by atoms with Gasteiger partial charge in [-0.25, -0.2) is 0 Å². The molecule has 2 aliphatic heterocycles. The molecule has 2 aromatic carbocycles. The average Bonchev–Trinajstić information content (AvgIpc) is 2.88. The van der Waals surface area contributed by atoms with Crippen LogP contribution in [0, 0.1) is 11.8 Å². The summed E-state index contributed by atoms with van der Waals surface area (Å²) in [5.41, 5.74) is 8.82. The number of hydrogen-bond acceptors (Lipinski definition) is 1. The van der Waals surface area contributed by atoms with E-state index in [1.54, 1.807) is 0 Å². The summed E-state index contributed by atoms with van der Waals surface area (Å²) in [5, 5.41) is 1.44. The highest BCUT2D eigenvalue weighted by molar-refractivity contribution is 5.91. The lowest BCUT2D eigenvalue weighted by molar-refractivity contribution is 0.285. The molecule has 5 rings (SSSR count). The number of hydrogen-bond donors (Lipinski definition) is 0. The van der Waals surface area contributed by atoms with E-state index in [1.165, 1.54) is 39.0 Å². The first-order valence-electron chi connectivity index (χ1n) is 9.21. The monoisotopic (exact) mass is 326 g/mol. The van der Waals surface area contributed by atoms with Crippen molar-refractivity contribution >= 4 is 10.9 Å². The van der Waals surface area contributed by atoms with Crippen LogP contribution in [0.1, 0.15) is 29.3 Å². The molecule has 0 unspecified atom stereocenters. The molecule has 25 heavy (non-hydrogen) atoms. The molecular weight excluding hydrogens is 304 g/mol. The molecule has 1 aromatic heterocycles.